The molecule has 0 aromatic rings. The van der Waals surface area contributed by atoms with Gasteiger partial charge >= 0.3 is 0 Å². The molecule has 0 aromatic heterocycles. The molecule has 1 fully saturated rings. The zero-order chi connectivity index (χ0) is 19.6. The Kier molecular flexibility index (Phi) is 14.8. The molecular weight excluding hydrogens is 324 g/mol. The number of rotatable bonds is 16. The number of unbranched alkanes of at least 4 members (excludes halogenated alkanes) is 7. The maximum Gasteiger partial charge on any atom is -0.0202 e. The molecule has 152 valence electrons. The average molecular weight is 369 g/mol. The summed E-state index contributed by atoms with van der Waals surface area (Å²) in [6, 6.07) is 0. The van der Waals surface area contributed by atoms with Crippen molar-refractivity contribution in [2.75, 3.05) is 0 Å². The molecule has 1 saturated carbocycles. The van der Waals surface area contributed by atoms with Crippen molar-refractivity contribution in [1.82, 2.24) is 0 Å². The molecule has 0 radical (unpaired) electrons. The van der Waals surface area contributed by atoms with E-state index in [0.717, 1.165) is 18.3 Å². The summed E-state index contributed by atoms with van der Waals surface area (Å²) in [7, 11) is 0. The Morgan fingerprint density at radius 2 is 1.67 bits per heavy atom. The molecule has 0 nitrogen and oxygen atoms in total. The molecule has 2 atom stereocenters. The summed E-state index contributed by atoms with van der Waals surface area (Å²) in [4.78, 5) is 0. The molecule has 1 unspecified atom stereocenters. The Morgan fingerprint density at radius 1 is 0.889 bits per heavy atom. The third kappa shape index (κ3) is 11.9. The van der Waals surface area contributed by atoms with E-state index in [9.17, 15) is 0 Å². The summed E-state index contributed by atoms with van der Waals surface area (Å²) in [5.74, 6) is 1.75. The molecule has 1 aliphatic rings. The van der Waals surface area contributed by atoms with Gasteiger partial charge in [-0.25, -0.2) is 0 Å². The predicted octanol–water partition coefficient (Wildman–Crippen LogP) is 9.12. The number of allylic oxidation sites excluding steroid dienone is 8. The molecule has 0 N–H and O–H groups in total. The molecule has 0 aromatic carbocycles. The Bertz CT molecular complexity index is 462. The SMILES string of the molecule is C=C/C=C(\C=C)CCCCCCC/C=C/C1CCC[C@@H]1C/C=C\CCCC. The van der Waals surface area contributed by atoms with Gasteiger partial charge in [-0.15, -0.1) is 0 Å². The summed E-state index contributed by atoms with van der Waals surface area (Å²) in [6.07, 6.45) is 34.4. The largest absolute Gasteiger partial charge is 0.0991 e. The first kappa shape index (κ1) is 23.7. The van der Waals surface area contributed by atoms with Gasteiger partial charge in [0.15, 0.2) is 0 Å². The van der Waals surface area contributed by atoms with E-state index in [-0.39, 0.29) is 0 Å². The normalized spacial score (nSPS) is 20.7. The summed E-state index contributed by atoms with van der Waals surface area (Å²) >= 11 is 0. The van der Waals surface area contributed by atoms with Gasteiger partial charge in [0, 0.05) is 0 Å². The van der Waals surface area contributed by atoms with Gasteiger partial charge in [0.05, 0.1) is 0 Å². The van der Waals surface area contributed by atoms with Crippen LogP contribution in [0.2, 0.25) is 0 Å². The molecular formula is C27H44. The van der Waals surface area contributed by atoms with Crippen LogP contribution in [0.1, 0.15) is 96.8 Å². The van der Waals surface area contributed by atoms with E-state index in [2.05, 4.69) is 50.5 Å². The quantitative estimate of drug-likeness (QED) is 0.145. The van der Waals surface area contributed by atoms with Gasteiger partial charge in [-0.2, -0.15) is 0 Å². The molecule has 0 aliphatic heterocycles. The van der Waals surface area contributed by atoms with Crippen molar-refractivity contribution in [3.8, 4) is 0 Å². The van der Waals surface area contributed by atoms with Crippen LogP contribution < -0.4 is 0 Å². The van der Waals surface area contributed by atoms with Crippen LogP contribution in [0.25, 0.3) is 0 Å². The number of hydrogen-bond acceptors (Lipinski definition) is 0. The minimum Gasteiger partial charge on any atom is -0.0991 e. The van der Waals surface area contributed by atoms with Crippen molar-refractivity contribution in [3.63, 3.8) is 0 Å². The standard InChI is InChI=1S/C27H44/c1-4-7-8-12-16-21-26-23-18-24-27(26)22-17-14-11-9-10-13-15-20-25(6-3)19-5-2/h5-6,12,16-17,19,22,26-27H,2-4,7-11,13-15,18,20-21,23-24H2,1H3/b16-12-,22-17+,25-19+/t26-,27?/m0/s1. The van der Waals surface area contributed by atoms with Gasteiger partial charge in [-0.1, -0.05) is 101 Å². The van der Waals surface area contributed by atoms with Crippen LogP contribution in [-0.2, 0) is 0 Å². The van der Waals surface area contributed by atoms with Crippen molar-refractivity contribution >= 4 is 0 Å². The highest BCUT2D eigenvalue weighted by Crippen LogP contribution is 2.35. The van der Waals surface area contributed by atoms with Crippen molar-refractivity contribution < 1.29 is 0 Å². The summed E-state index contributed by atoms with van der Waals surface area (Å²) < 4.78 is 0. The van der Waals surface area contributed by atoms with Crippen molar-refractivity contribution in [2.45, 2.75) is 96.8 Å². The Labute approximate surface area is 170 Å². The van der Waals surface area contributed by atoms with Crippen molar-refractivity contribution in [3.05, 3.63) is 61.3 Å². The highest BCUT2D eigenvalue weighted by Gasteiger charge is 2.23. The molecule has 1 aliphatic carbocycles. The highest BCUT2D eigenvalue weighted by atomic mass is 14.3. The lowest BCUT2D eigenvalue weighted by Gasteiger charge is -2.14. The molecule has 0 saturated heterocycles. The second kappa shape index (κ2) is 16.8. The van der Waals surface area contributed by atoms with E-state index in [1.54, 1.807) is 0 Å². The van der Waals surface area contributed by atoms with E-state index in [4.69, 9.17) is 0 Å². The zero-order valence-electron chi connectivity index (χ0n) is 18.0. The Balaban J connectivity index is 2.07. The molecule has 27 heavy (non-hydrogen) atoms. The van der Waals surface area contributed by atoms with E-state index < -0.39 is 0 Å². The van der Waals surface area contributed by atoms with Crippen LogP contribution in [0.5, 0.6) is 0 Å². The first-order valence-corrected chi connectivity index (χ1v) is 11.6. The second-order valence-electron chi connectivity index (χ2n) is 8.12. The van der Waals surface area contributed by atoms with Crippen LogP contribution in [0.3, 0.4) is 0 Å². The third-order valence-electron chi connectivity index (χ3n) is 5.86. The van der Waals surface area contributed by atoms with Gasteiger partial charge < -0.3 is 0 Å². The maximum atomic E-state index is 3.87. The van der Waals surface area contributed by atoms with Gasteiger partial charge in [0.2, 0.25) is 0 Å². The van der Waals surface area contributed by atoms with Gasteiger partial charge in [-0.3, -0.25) is 0 Å². The maximum absolute atomic E-state index is 3.87. The lowest BCUT2D eigenvalue weighted by Crippen LogP contribution is -2.03. The molecule has 0 heteroatoms. The molecule has 1 rings (SSSR count). The van der Waals surface area contributed by atoms with Crippen LogP contribution in [0.15, 0.2) is 61.3 Å². The van der Waals surface area contributed by atoms with E-state index in [0.29, 0.717) is 0 Å². The Morgan fingerprint density at radius 3 is 2.44 bits per heavy atom. The molecule has 0 amide bonds. The second-order valence-corrected chi connectivity index (χ2v) is 8.12. The van der Waals surface area contributed by atoms with Crippen LogP contribution in [0, 0.1) is 11.8 Å². The molecule has 0 heterocycles. The average Bonchev–Trinajstić information content (AvgIpc) is 3.13. The summed E-state index contributed by atoms with van der Waals surface area (Å²) in [5, 5.41) is 0. The van der Waals surface area contributed by atoms with E-state index >= 15 is 0 Å². The van der Waals surface area contributed by atoms with Gasteiger partial charge in [0.1, 0.15) is 0 Å². The predicted molar refractivity (Wildman–Crippen MR) is 124 cm³/mol. The molecule has 0 bridgehead atoms. The van der Waals surface area contributed by atoms with E-state index in [1.807, 2.05) is 12.2 Å². The van der Waals surface area contributed by atoms with Gasteiger partial charge in [-0.05, 0) is 68.8 Å². The fourth-order valence-corrected chi connectivity index (χ4v) is 4.12. The fraction of sp³-hybridized carbons (Fsp3) is 0.630. The van der Waals surface area contributed by atoms with Crippen LogP contribution >= 0.6 is 0 Å². The minimum absolute atomic E-state index is 0.842. The third-order valence-corrected chi connectivity index (χ3v) is 5.86. The smallest absolute Gasteiger partial charge is 0.0202 e. The first-order valence-electron chi connectivity index (χ1n) is 11.6. The van der Waals surface area contributed by atoms with Crippen molar-refractivity contribution in [1.29, 1.82) is 0 Å². The van der Waals surface area contributed by atoms with E-state index in [1.165, 1.54) is 89.0 Å². The topological polar surface area (TPSA) is 0 Å². The monoisotopic (exact) mass is 368 g/mol. The van der Waals surface area contributed by atoms with Crippen molar-refractivity contribution in [2.24, 2.45) is 11.8 Å². The van der Waals surface area contributed by atoms with Gasteiger partial charge in [0.25, 0.3) is 0 Å². The lowest BCUT2D eigenvalue weighted by molar-refractivity contribution is 0.462. The minimum atomic E-state index is 0.842. The molecule has 0 spiro atoms. The fourth-order valence-electron chi connectivity index (χ4n) is 4.12. The van der Waals surface area contributed by atoms with Crippen LogP contribution in [-0.4, -0.2) is 0 Å². The number of hydrogen-bond donors (Lipinski definition) is 0. The van der Waals surface area contributed by atoms with Crippen LogP contribution in [0.4, 0.5) is 0 Å². The summed E-state index contributed by atoms with van der Waals surface area (Å²) in [6.45, 7) is 9.90. The first-order chi connectivity index (χ1) is 13.3. The highest BCUT2D eigenvalue weighted by molar-refractivity contribution is 5.20. The Hall–Kier alpha value is -1.30. The zero-order valence-corrected chi connectivity index (χ0v) is 18.0. The summed E-state index contributed by atoms with van der Waals surface area (Å²) in [5.41, 5.74) is 1.32. The lowest BCUT2D eigenvalue weighted by atomic mass is 9.92.